The molecule has 0 spiro atoms. The molecule has 7 nitrogen and oxygen atoms in total. The van der Waals surface area contributed by atoms with Gasteiger partial charge in [0, 0.05) is 23.5 Å². The number of hydrogen-bond donors (Lipinski definition) is 2. The molecule has 124 valence electrons. The second kappa shape index (κ2) is 6.12. The smallest absolute Gasteiger partial charge is 0.264 e. The highest BCUT2D eigenvalue weighted by Gasteiger charge is 2.16. The van der Waals surface area contributed by atoms with Crippen LogP contribution in [0, 0.1) is 0 Å². The Bertz CT molecular complexity index is 999. The van der Waals surface area contributed by atoms with Crippen LogP contribution in [0.1, 0.15) is 10.4 Å². The SMILES string of the molecule is O=C(Nc1ccc2c(c1)OCO2)c1cnc(-c2ccccc2)[nH]c1=O. The summed E-state index contributed by atoms with van der Waals surface area (Å²) in [5.41, 5.74) is 0.688. The zero-order chi connectivity index (χ0) is 17.2. The van der Waals surface area contributed by atoms with E-state index in [1.165, 1.54) is 6.20 Å². The van der Waals surface area contributed by atoms with Crippen LogP contribution >= 0.6 is 0 Å². The van der Waals surface area contributed by atoms with E-state index in [1.54, 1.807) is 18.2 Å². The quantitative estimate of drug-likeness (QED) is 0.767. The molecule has 0 saturated heterocycles. The predicted molar refractivity (Wildman–Crippen MR) is 90.8 cm³/mol. The van der Waals surface area contributed by atoms with Crippen molar-refractivity contribution >= 4 is 11.6 Å². The molecule has 2 heterocycles. The molecule has 25 heavy (non-hydrogen) atoms. The largest absolute Gasteiger partial charge is 0.454 e. The summed E-state index contributed by atoms with van der Waals surface area (Å²) >= 11 is 0. The van der Waals surface area contributed by atoms with Gasteiger partial charge in [-0.15, -0.1) is 0 Å². The molecule has 4 rings (SSSR count). The lowest BCUT2D eigenvalue weighted by molar-refractivity contribution is 0.102. The van der Waals surface area contributed by atoms with Gasteiger partial charge in [-0.25, -0.2) is 4.98 Å². The number of aromatic amines is 1. The van der Waals surface area contributed by atoms with Crippen LogP contribution in [0.3, 0.4) is 0 Å². The Kier molecular flexibility index (Phi) is 3.66. The van der Waals surface area contributed by atoms with Crippen LogP contribution in [0.2, 0.25) is 0 Å². The number of carbonyl (C=O) groups excluding carboxylic acids is 1. The summed E-state index contributed by atoms with van der Waals surface area (Å²) in [6.07, 6.45) is 1.27. The number of amides is 1. The van der Waals surface area contributed by atoms with E-state index < -0.39 is 11.5 Å². The van der Waals surface area contributed by atoms with Gasteiger partial charge in [0.05, 0.1) is 0 Å². The van der Waals surface area contributed by atoms with Crippen LogP contribution in [0.15, 0.2) is 59.5 Å². The summed E-state index contributed by atoms with van der Waals surface area (Å²) in [7, 11) is 0. The number of carbonyl (C=O) groups is 1. The standard InChI is InChI=1S/C18H13N3O4/c22-17(20-12-6-7-14-15(8-12)25-10-24-14)13-9-19-16(21-18(13)23)11-4-2-1-3-5-11/h1-9H,10H2,(H,20,22)(H,19,21,23). The molecule has 0 fully saturated rings. The minimum absolute atomic E-state index is 0.0719. The Morgan fingerprint density at radius 2 is 1.88 bits per heavy atom. The van der Waals surface area contributed by atoms with Crippen LogP contribution in [0.4, 0.5) is 5.69 Å². The zero-order valence-electron chi connectivity index (χ0n) is 13.0. The van der Waals surface area contributed by atoms with Crippen molar-refractivity contribution in [3.63, 3.8) is 0 Å². The van der Waals surface area contributed by atoms with Crippen molar-refractivity contribution in [3.05, 3.63) is 70.6 Å². The normalized spacial score (nSPS) is 12.0. The number of ether oxygens (including phenoxy) is 2. The zero-order valence-corrected chi connectivity index (χ0v) is 13.0. The number of H-pyrrole nitrogens is 1. The Balaban J connectivity index is 1.57. The van der Waals surface area contributed by atoms with E-state index in [0.29, 0.717) is 23.0 Å². The first-order valence-corrected chi connectivity index (χ1v) is 7.56. The number of aromatic nitrogens is 2. The molecule has 1 amide bonds. The molecule has 0 radical (unpaired) electrons. The van der Waals surface area contributed by atoms with E-state index in [9.17, 15) is 9.59 Å². The van der Waals surface area contributed by atoms with Crippen molar-refractivity contribution in [2.24, 2.45) is 0 Å². The number of nitrogens with zero attached hydrogens (tertiary/aromatic N) is 1. The lowest BCUT2D eigenvalue weighted by atomic mass is 10.2. The van der Waals surface area contributed by atoms with E-state index in [1.807, 2.05) is 30.3 Å². The molecule has 1 aromatic heterocycles. The Hall–Kier alpha value is -3.61. The van der Waals surface area contributed by atoms with E-state index in [4.69, 9.17) is 9.47 Å². The second-order valence-corrected chi connectivity index (χ2v) is 5.36. The number of rotatable bonds is 3. The van der Waals surface area contributed by atoms with Crippen LogP contribution in [-0.2, 0) is 0 Å². The predicted octanol–water partition coefficient (Wildman–Crippen LogP) is 2.42. The third kappa shape index (κ3) is 2.94. The van der Waals surface area contributed by atoms with Crippen LogP contribution < -0.4 is 20.3 Å². The van der Waals surface area contributed by atoms with Crippen LogP contribution in [0.5, 0.6) is 11.5 Å². The fourth-order valence-electron chi connectivity index (χ4n) is 2.47. The van der Waals surface area contributed by atoms with Crippen molar-refractivity contribution in [1.82, 2.24) is 9.97 Å². The minimum atomic E-state index is -0.549. The molecule has 0 aliphatic carbocycles. The summed E-state index contributed by atoms with van der Waals surface area (Å²) in [5.74, 6) is 1.02. The molecule has 1 aliphatic rings. The monoisotopic (exact) mass is 335 g/mol. The van der Waals surface area contributed by atoms with Crippen LogP contribution in [0.25, 0.3) is 11.4 Å². The first-order chi connectivity index (χ1) is 12.2. The Morgan fingerprint density at radius 1 is 1.08 bits per heavy atom. The van der Waals surface area contributed by atoms with E-state index in [0.717, 1.165) is 5.56 Å². The van der Waals surface area contributed by atoms with E-state index in [2.05, 4.69) is 15.3 Å². The lowest BCUT2D eigenvalue weighted by Crippen LogP contribution is -2.24. The van der Waals surface area contributed by atoms with E-state index >= 15 is 0 Å². The van der Waals surface area contributed by atoms with Gasteiger partial charge >= 0.3 is 0 Å². The highest BCUT2D eigenvalue weighted by atomic mass is 16.7. The number of benzene rings is 2. The minimum Gasteiger partial charge on any atom is -0.454 e. The Labute approximate surface area is 142 Å². The topological polar surface area (TPSA) is 93.3 Å². The molecule has 7 heteroatoms. The third-order valence-electron chi connectivity index (χ3n) is 3.72. The highest BCUT2D eigenvalue weighted by molar-refractivity contribution is 6.04. The van der Waals surface area contributed by atoms with Gasteiger partial charge in [0.25, 0.3) is 11.5 Å². The molecule has 0 atom stereocenters. The highest BCUT2D eigenvalue weighted by Crippen LogP contribution is 2.34. The first-order valence-electron chi connectivity index (χ1n) is 7.56. The fourth-order valence-corrected chi connectivity index (χ4v) is 2.47. The maximum absolute atomic E-state index is 12.3. The molecular formula is C18H13N3O4. The summed E-state index contributed by atoms with van der Waals surface area (Å²) in [5, 5.41) is 2.65. The van der Waals surface area contributed by atoms with Crippen molar-refractivity contribution < 1.29 is 14.3 Å². The average molecular weight is 335 g/mol. The average Bonchev–Trinajstić information content (AvgIpc) is 3.10. The van der Waals surface area contributed by atoms with Gasteiger partial charge in [-0.05, 0) is 12.1 Å². The van der Waals surface area contributed by atoms with Gasteiger partial charge in [-0.1, -0.05) is 30.3 Å². The summed E-state index contributed by atoms with van der Waals surface area (Å²) in [6, 6.07) is 14.2. The van der Waals surface area contributed by atoms with Crippen LogP contribution in [-0.4, -0.2) is 22.7 Å². The number of fused-ring (bicyclic) bond motifs is 1. The maximum atomic E-state index is 12.3. The summed E-state index contributed by atoms with van der Waals surface area (Å²) in [4.78, 5) is 31.4. The van der Waals surface area contributed by atoms with Crippen molar-refractivity contribution in [3.8, 4) is 22.9 Å². The number of nitrogens with one attached hydrogen (secondary N) is 2. The molecule has 3 aromatic rings. The number of anilines is 1. The molecule has 0 saturated carbocycles. The van der Waals surface area contributed by atoms with Gasteiger partial charge in [-0.2, -0.15) is 0 Å². The molecule has 2 N–H and O–H groups in total. The third-order valence-corrected chi connectivity index (χ3v) is 3.72. The molecule has 0 unspecified atom stereocenters. The first kappa shape index (κ1) is 14.9. The van der Waals surface area contributed by atoms with Crippen molar-refractivity contribution in [1.29, 1.82) is 0 Å². The fraction of sp³-hybridized carbons (Fsp3) is 0.0556. The van der Waals surface area contributed by atoms with Crippen molar-refractivity contribution in [2.45, 2.75) is 0 Å². The van der Waals surface area contributed by atoms with Gasteiger partial charge < -0.3 is 19.8 Å². The molecular weight excluding hydrogens is 322 g/mol. The van der Waals surface area contributed by atoms with Crippen molar-refractivity contribution in [2.75, 3.05) is 12.1 Å². The van der Waals surface area contributed by atoms with Gasteiger partial charge in [0.2, 0.25) is 6.79 Å². The number of hydrogen-bond acceptors (Lipinski definition) is 5. The Morgan fingerprint density at radius 3 is 2.68 bits per heavy atom. The summed E-state index contributed by atoms with van der Waals surface area (Å²) < 4.78 is 10.5. The maximum Gasteiger partial charge on any atom is 0.264 e. The lowest BCUT2D eigenvalue weighted by Gasteiger charge is -2.06. The molecule has 0 bridgehead atoms. The van der Waals surface area contributed by atoms with E-state index in [-0.39, 0.29) is 12.4 Å². The van der Waals surface area contributed by atoms with Gasteiger partial charge in [0.15, 0.2) is 11.5 Å². The molecule has 1 aliphatic heterocycles. The molecule has 2 aromatic carbocycles. The second-order valence-electron chi connectivity index (χ2n) is 5.36. The van der Waals surface area contributed by atoms with Gasteiger partial charge in [0.1, 0.15) is 11.4 Å². The summed E-state index contributed by atoms with van der Waals surface area (Å²) in [6.45, 7) is 0.150. The van der Waals surface area contributed by atoms with Gasteiger partial charge in [-0.3, -0.25) is 9.59 Å².